The van der Waals surface area contributed by atoms with Crippen molar-refractivity contribution >= 4 is 11.9 Å². The molecule has 1 aromatic carbocycles. The van der Waals surface area contributed by atoms with E-state index in [2.05, 4.69) is 0 Å². The molecule has 0 bridgehead atoms. The predicted octanol–water partition coefficient (Wildman–Crippen LogP) is 2.26. The fraction of sp³-hybridized carbons (Fsp3) is 0.375. The van der Waals surface area contributed by atoms with E-state index < -0.39 is 5.97 Å². The highest BCUT2D eigenvalue weighted by Gasteiger charge is 2.31. The first-order valence-corrected chi connectivity index (χ1v) is 6.87. The molecule has 1 aliphatic heterocycles. The molecule has 0 atom stereocenters. The fourth-order valence-corrected chi connectivity index (χ4v) is 2.28. The predicted molar refractivity (Wildman–Crippen MR) is 77.5 cm³/mol. The number of allylic oxidation sites excluding steroid dienone is 1. The van der Waals surface area contributed by atoms with E-state index in [9.17, 15) is 9.59 Å². The maximum absolute atomic E-state index is 12.1. The number of methoxy groups -OCH3 is 1. The molecule has 0 fully saturated rings. The van der Waals surface area contributed by atoms with Gasteiger partial charge < -0.3 is 14.4 Å². The Balaban J connectivity index is 2.15. The van der Waals surface area contributed by atoms with Crippen LogP contribution in [0.5, 0.6) is 5.75 Å². The quantitative estimate of drug-likeness (QED) is 0.780. The third-order valence-electron chi connectivity index (χ3n) is 3.49. The van der Waals surface area contributed by atoms with Crippen LogP contribution in [-0.2, 0) is 20.9 Å². The average molecular weight is 289 g/mol. The van der Waals surface area contributed by atoms with E-state index in [1.54, 1.807) is 25.9 Å². The van der Waals surface area contributed by atoms with Crippen LogP contribution >= 0.6 is 0 Å². The lowest BCUT2D eigenvalue weighted by atomic mass is 10.2. The number of rotatable bonds is 5. The van der Waals surface area contributed by atoms with Crippen molar-refractivity contribution in [2.45, 2.75) is 26.8 Å². The minimum absolute atomic E-state index is 0.0774. The lowest BCUT2D eigenvalue weighted by Gasteiger charge is -2.18. The molecule has 0 N–H and O–H groups in total. The van der Waals surface area contributed by atoms with Crippen molar-refractivity contribution in [2.24, 2.45) is 0 Å². The first-order chi connectivity index (χ1) is 10.1. The van der Waals surface area contributed by atoms with Crippen LogP contribution in [0.25, 0.3) is 0 Å². The van der Waals surface area contributed by atoms with E-state index in [-0.39, 0.29) is 12.3 Å². The molecule has 1 aliphatic rings. The van der Waals surface area contributed by atoms with Gasteiger partial charge in [0.2, 0.25) is 5.91 Å². The summed E-state index contributed by atoms with van der Waals surface area (Å²) in [7, 11) is 1.61. The number of nitrogens with zero attached hydrogens (tertiary/aromatic N) is 1. The van der Waals surface area contributed by atoms with Gasteiger partial charge in [-0.15, -0.1) is 0 Å². The lowest BCUT2D eigenvalue weighted by molar-refractivity contribution is -0.139. The van der Waals surface area contributed by atoms with Crippen molar-refractivity contribution in [3.63, 3.8) is 0 Å². The molecule has 0 radical (unpaired) electrons. The molecule has 0 saturated carbocycles. The van der Waals surface area contributed by atoms with Gasteiger partial charge in [0.05, 0.1) is 32.3 Å². The number of carbonyl (C=O) groups excluding carboxylic acids is 2. The largest absolute Gasteiger partial charge is 0.497 e. The van der Waals surface area contributed by atoms with E-state index in [0.29, 0.717) is 24.4 Å². The number of carbonyl (C=O) groups is 2. The van der Waals surface area contributed by atoms with E-state index in [0.717, 1.165) is 11.3 Å². The molecule has 2 rings (SSSR count). The average Bonchev–Trinajstić information content (AvgIpc) is 2.76. The van der Waals surface area contributed by atoms with Gasteiger partial charge in [0.15, 0.2) is 0 Å². The maximum atomic E-state index is 12.1. The zero-order chi connectivity index (χ0) is 15.4. The highest BCUT2D eigenvalue weighted by molar-refractivity contribution is 6.00. The smallest absolute Gasteiger partial charge is 0.336 e. The van der Waals surface area contributed by atoms with Gasteiger partial charge >= 0.3 is 5.97 Å². The Morgan fingerprint density at radius 1 is 1.29 bits per heavy atom. The van der Waals surface area contributed by atoms with Crippen molar-refractivity contribution in [1.82, 2.24) is 4.90 Å². The van der Waals surface area contributed by atoms with Gasteiger partial charge in [-0.3, -0.25) is 4.79 Å². The monoisotopic (exact) mass is 289 g/mol. The molecule has 5 nitrogen and oxygen atoms in total. The summed E-state index contributed by atoms with van der Waals surface area (Å²) < 4.78 is 10.1. The summed E-state index contributed by atoms with van der Waals surface area (Å²) in [5, 5.41) is 0. The molecule has 1 aromatic rings. The normalized spacial score (nSPS) is 14.6. The minimum Gasteiger partial charge on any atom is -0.497 e. The van der Waals surface area contributed by atoms with Crippen LogP contribution in [0.2, 0.25) is 0 Å². The molecule has 21 heavy (non-hydrogen) atoms. The van der Waals surface area contributed by atoms with Crippen LogP contribution in [0.3, 0.4) is 0 Å². The van der Waals surface area contributed by atoms with E-state index in [1.807, 2.05) is 24.3 Å². The Labute approximate surface area is 124 Å². The molecule has 112 valence electrons. The molecule has 1 amide bonds. The van der Waals surface area contributed by atoms with Crippen molar-refractivity contribution in [3.8, 4) is 5.75 Å². The topological polar surface area (TPSA) is 55.8 Å². The van der Waals surface area contributed by atoms with Gasteiger partial charge in [-0.25, -0.2) is 4.79 Å². The highest BCUT2D eigenvalue weighted by Crippen LogP contribution is 2.27. The van der Waals surface area contributed by atoms with Crippen molar-refractivity contribution in [3.05, 3.63) is 41.1 Å². The summed E-state index contributed by atoms with van der Waals surface area (Å²) in [6.07, 6.45) is 0.112. The van der Waals surface area contributed by atoms with E-state index in [4.69, 9.17) is 9.47 Å². The van der Waals surface area contributed by atoms with Crippen LogP contribution < -0.4 is 4.74 Å². The first-order valence-electron chi connectivity index (χ1n) is 6.87. The molecule has 0 spiro atoms. The Kier molecular flexibility index (Phi) is 4.62. The van der Waals surface area contributed by atoms with Gasteiger partial charge in [0.25, 0.3) is 0 Å². The number of hydrogen-bond donors (Lipinski definition) is 0. The zero-order valence-electron chi connectivity index (χ0n) is 12.5. The molecule has 0 unspecified atom stereocenters. The molecular weight excluding hydrogens is 270 g/mol. The number of esters is 1. The van der Waals surface area contributed by atoms with E-state index in [1.165, 1.54) is 0 Å². The van der Waals surface area contributed by atoms with Gasteiger partial charge in [0, 0.05) is 5.70 Å². The van der Waals surface area contributed by atoms with Crippen molar-refractivity contribution in [1.29, 1.82) is 0 Å². The molecule has 0 aliphatic carbocycles. The second kappa shape index (κ2) is 6.43. The maximum Gasteiger partial charge on any atom is 0.336 e. The first kappa shape index (κ1) is 15.1. The fourth-order valence-electron chi connectivity index (χ4n) is 2.28. The summed E-state index contributed by atoms with van der Waals surface area (Å²) >= 11 is 0. The molecule has 0 saturated heterocycles. The number of hydrogen-bond acceptors (Lipinski definition) is 4. The van der Waals surface area contributed by atoms with Gasteiger partial charge in [-0.05, 0) is 31.5 Å². The van der Waals surface area contributed by atoms with Crippen LogP contribution in [0.1, 0.15) is 25.8 Å². The number of benzene rings is 1. The summed E-state index contributed by atoms with van der Waals surface area (Å²) in [6.45, 7) is 4.28. The minimum atomic E-state index is -0.402. The van der Waals surface area contributed by atoms with Gasteiger partial charge in [-0.2, -0.15) is 0 Å². The summed E-state index contributed by atoms with van der Waals surface area (Å²) in [4.78, 5) is 25.5. The lowest BCUT2D eigenvalue weighted by Crippen LogP contribution is -2.23. The Morgan fingerprint density at radius 3 is 2.52 bits per heavy atom. The Morgan fingerprint density at radius 2 is 1.95 bits per heavy atom. The van der Waals surface area contributed by atoms with Crippen molar-refractivity contribution < 1.29 is 19.1 Å². The Bertz CT molecular complexity index is 574. The highest BCUT2D eigenvalue weighted by atomic mass is 16.5. The Hall–Kier alpha value is -2.30. The number of amides is 1. The summed E-state index contributed by atoms with van der Waals surface area (Å²) in [5.41, 5.74) is 2.11. The van der Waals surface area contributed by atoms with Crippen LogP contribution in [0.4, 0.5) is 0 Å². The third-order valence-corrected chi connectivity index (χ3v) is 3.49. The van der Waals surface area contributed by atoms with Gasteiger partial charge in [0.1, 0.15) is 5.75 Å². The zero-order valence-corrected chi connectivity index (χ0v) is 12.5. The van der Waals surface area contributed by atoms with Crippen molar-refractivity contribution in [2.75, 3.05) is 13.7 Å². The molecule has 1 heterocycles. The van der Waals surface area contributed by atoms with E-state index >= 15 is 0 Å². The number of ether oxygens (including phenoxy) is 2. The molecular formula is C16H19NO4. The van der Waals surface area contributed by atoms with Crippen LogP contribution in [0, 0.1) is 0 Å². The standard InChI is InChI=1S/C16H19NO4/c1-4-21-16(19)14-9-15(18)17(11(14)2)10-12-5-7-13(20-3)8-6-12/h5-8H,4,9-10H2,1-3H3. The third kappa shape index (κ3) is 3.24. The van der Waals surface area contributed by atoms with Gasteiger partial charge in [-0.1, -0.05) is 12.1 Å². The summed E-state index contributed by atoms with van der Waals surface area (Å²) in [5.74, 6) is 0.290. The molecule has 0 aromatic heterocycles. The SMILES string of the molecule is CCOC(=O)C1=C(C)N(Cc2ccc(OC)cc2)C(=O)C1. The molecule has 5 heteroatoms. The second-order valence-corrected chi connectivity index (χ2v) is 4.79. The van der Waals surface area contributed by atoms with Crippen LogP contribution in [0.15, 0.2) is 35.5 Å². The summed E-state index contributed by atoms with van der Waals surface area (Å²) in [6, 6.07) is 7.51. The van der Waals surface area contributed by atoms with Crippen LogP contribution in [-0.4, -0.2) is 30.5 Å². The second-order valence-electron chi connectivity index (χ2n) is 4.79.